The number of nitrogens with zero attached hydrogens (tertiary/aromatic N) is 3. The molecule has 0 spiro atoms. The second kappa shape index (κ2) is 13.5. The summed E-state index contributed by atoms with van der Waals surface area (Å²) in [7, 11) is 0. The molecule has 9 nitrogen and oxygen atoms in total. The van der Waals surface area contributed by atoms with Gasteiger partial charge in [0.1, 0.15) is 17.5 Å². The highest BCUT2D eigenvalue weighted by molar-refractivity contribution is 5.94. The number of hydrogen-bond donors (Lipinski definition) is 3. The standard InChI is InChI=1S/C33H30F2N6O3/c34-25-10-6-21(7-11-25)17-38-33-36-15-14-27(39-33)31-30(23-8-12-26(35)13-9-23)40-28(41-31)16-29-43-19-22(20-44-29)18-37-32(42)24-4-2-1-3-5-24/h1-15,22,29H,16-20H2,(H,37,42)(H,40,41)(H,36,38,39). The predicted octanol–water partition coefficient (Wildman–Crippen LogP) is 5.39. The van der Waals surface area contributed by atoms with Crippen LogP contribution in [0.3, 0.4) is 0 Å². The first-order chi connectivity index (χ1) is 21.5. The maximum atomic E-state index is 13.7. The Kier molecular flexibility index (Phi) is 8.95. The normalized spacial score (nSPS) is 16.4. The summed E-state index contributed by atoms with van der Waals surface area (Å²) in [6, 6.07) is 23.1. The number of amides is 1. The van der Waals surface area contributed by atoms with Crippen molar-refractivity contribution < 1.29 is 23.0 Å². The van der Waals surface area contributed by atoms with E-state index in [-0.39, 0.29) is 23.5 Å². The minimum absolute atomic E-state index is 0.0164. The molecule has 0 aliphatic carbocycles. The molecule has 224 valence electrons. The highest BCUT2D eigenvalue weighted by atomic mass is 19.1. The van der Waals surface area contributed by atoms with Gasteiger partial charge in [0.15, 0.2) is 6.29 Å². The summed E-state index contributed by atoms with van der Waals surface area (Å²) in [4.78, 5) is 29.5. The minimum Gasteiger partial charge on any atom is -0.352 e. The van der Waals surface area contributed by atoms with Gasteiger partial charge in [-0.2, -0.15) is 0 Å². The zero-order valence-electron chi connectivity index (χ0n) is 23.7. The van der Waals surface area contributed by atoms with Crippen LogP contribution in [0.1, 0.15) is 21.7 Å². The molecule has 3 aromatic carbocycles. The molecule has 0 bridgehead atoms. The van der Waals surface area contributed by atoms with E-state index in [4.69, 9.17) is 14.5 Å². The first-order valence-corrected chi connectivity index (χ1v) is 14.2. The number of aromatic amines is 1. The fourth-order valence-corrected chi connectivity index (χ4v) is 4.79. The summed E-state index contributed by atoms with van der Waals surface area (Å²) in [5.74, 6) is 0.229. The van der Waals surface area contributed by atoms with E-state index < -0.39 is 6.29 Å². The summed E-state index contributed by atoms with van der Waals surface area (Å²) >= 11 is 0. The zero-order chi connectivity index (χ0) is 30.3. The van der Waals surface area contributed by atoms with Gasteiger partial charge in [-0.05, 0) is 60.2 Å². The third-order valence-corrected chi connectivity index (χ3v) is 7.13. The van der Waals surface area contributed by atoms with E-state index in [2.05, 4.69) is 25.6 Å². The smallest absolute Gasteiger partial charge is 0.251 e. The number of benzene rings is 3. The van der Waals surface area contributed by atoms with Gasteiger partial charge in [-0.25, -0.2) is 23.7 Å². The SMILES string of the molecule is O=C(NCC1COC(Cc2nc(-c3ccc(F)cc3)c(-c3ccnc(NCc4ccc(F)cc4)n3)[nH]2)OC1)c1ccccc1. The van der Waals surface area contributed by atoms with E-state index in [0.29, 0.717) is 72.7 Å². The van der Waals surface area contributed by atoms with Crippen molar-refractivity contribution >= 4 is 11.9 Å². The summed E-state index contributed by atoms with van der Waals surface area (Å²) in [5, 5.41) is 6.10. The van der Waals surface area contributed by atoms with Gasteiger partial charge in [0.2, 0.25) is 5.95 Å². The molecule has 0 saturated carbocycles. The zero-order valence-corrected chi connectivity index (χ0v) is 23.7. The molecule has 6 rings (SSSR count). The van der Waals surface area contributed by atoms with E-state index in [9.17, 15) is 13.6 Å². The van der Waals surface area contributed by atoms with Crippen LogP contribution in [0.15, 0.2) is 91.1 Å². The first kappa shape index (κ1) is 29.1. The molecule has 1 aliphatic heterocycles. The lowest BCUT2D eigenvalue weighted by Crippen LogP contribution is -2.40. The van der Waals surface area contributed by atoms with Gasteiger partial charge in [0.05, 0.1) is 36.7 Å². The fraction of sp³-hybridized carbons (Fsp3) is 0.212. The van der Waals surface area contributed by atoms with E-state index >= 15 is 0 Å². The second-order valence-corrected chi connectivity index (χ2v) is 10.4. The summed E-state index contributed by atoms with van der Waals surface area (Å²) in [5.41, 5.74) is 4.01. The maximum absolute atomic E-state index is 13.7. The van der Waals surface area contributed by atoms with Crippen LogP contribution in [0, 0.1) is 17.6 Å². The molecule has 1 fully saturated rings. The van der Waals surface area contributed by atoms with Gasteiger partial charge >= 0.3 is 0 Å². The van der Waals surface area contributed by atoms with Crippen molar-refractivity contribution in [1.29, 1.82) is 0 Å². The Morgan fingerprint density at radius 1 is 0.886 bits per heavy atom. The van der Waals surface area contributed by atoms with Crippen molar-refractivity contribution in [2.24, 2.45) is 5.92 Å². The number of nitrogens with one attached hydrogen (secondary N) is 3. The molecule has 1 saturated heterocycles. The molecule has 0 radical (unpaired) electrons. The van der Waals surface area contributed by atoms with Crippen molar-refractivity contribution in [2.75, 3.05) is 25.1 Å². The van der Waals surface area contributed by atoms with Crippen LogP contribution < -0.4 is 10.6 Å². The number of imidazole rings is 1. The van der Waals surface area contributed by atoms with Gasteiger partial charge in [0.25, 0.3) is 5.91 Å². The number of aromatic nitrogens is 4. The molecule has 0 atom stereocenters. The Hall–Kier alpha value is -5.00. The van der Waals surface area contributed by atoms with Crippen molar-refractivity contribution in [3.05, 3.63) is 120 Å². The third-order valence-electron chi connectivity index (χ3n) is 7.13. The number of ether oxygens (including phenoxy) is 2. The lowest BCUT2D eigenvalue weighted by Gasteiger charge is -2.29. The molecule has 44 heavy (non-hydrogen) atoms. The topological polar surface area (TPSA) is 114 Å². The summed E-state index contributed by atoms with van der Waals surface area (Å²) < 4.78 is 38.9. The van der Waals surface area contributed by atoms with Gasteiger partial charge in [-0.1, -0.05) is 30.3 Å². The van der Waals surface area contributed by atoms with Crippen LogP contribution in [-0.2, 0) is 22.4 Å². The highest BCUT2D eigenvalue weighted by Crippen LogP contribution is 2.30. The second-order valence-electron chi connectivity index (χ2n) is 10.4. The molecule has 5 aromatic rings. The van der Waals surface area contributed by atoms with Gasteiger partial charge in [-0.3, -0.25) is 4.79 Å². The van der Waals surface area contributed by atoms with Crippen LogP contribution in [0.4, 0.5) is 14.7 Å². The van der Waals surface area contributed by atoms with Crippen LogP contribution >= 0.6 is 0 Å². The quantitative estimate of drug-likeness (QED) is 0.198. The average molecular weight is 597 g/mol. The predicted molar refractivity (Wildman–Crippen MR) is 160 cm³/mol. The maximum Gasteiger partial charge on any atom is 0.251 e. The summed E-state index contributed by atoms with van der Waals surface area (Å²) in [6.07, 6.45) is 1.45. The van der Waals surface area contributed by atoms with Crippen molar-refractivity contribution in [2.45, 2.75) is 19.3 Å². The van der Waals surface area contributed by atoms with Gasteiger partial charge in [-0.15, -0.1) is 0 Å². The third kappa shape index (κ3) is 7.31. The molecule has 11 heteroatoms. The number of carbonyl (C=O) groups excluding carboxylic acids is 1. The van der Waals surface area contributed by atoms with Crippen LogP contribution in [0.5, 0.6) is 0 Å². The minimum atomic E-state index is -0.533. The fourth-order valence-electron chi connectivity index (χ4n) is 4.79. The van der Waals surface area contributed by atoms with Crippen molar-refractivity contribution in [1.82, 2.24) is 25.3 Å². The van der Waals surface area contributed by atoms with Crippen molar-refractivity contribution in [3.63, 3.8) is 0 Å². The Balaban J connectivity index is 1.13. The summed E-state index contributed by atoms with van der Waals surface area (Å²) in [6.45, 7) is 1.70. The molecule has 0 unspecified atom stereocenters. The van der Waals surface area contributed by atoms with E-state index in [1.54, 1.807) is 48.7 Å². The number of rotatable bonds is 10. The lowest BCUT2D eigenvalue weighted by molar-refractivity contribution is -0.198. The van der Waals surface area contributed by atoms with E-state index in [0.717, 1.165) is 5.56 Å². The van der Waals surface area contributed by atoms with E-state index in [1.807, 2.05) is 18.2 Å². The van der Waals surface area contributed by atoms with E-state index in [1.165, 1.54) is 24.3 Å². The van der Waals surface area contributed by atoms with Crippen LogP contribution in [0.2, 0.25) is 0 Å². The van der Waals surface area contributed by atoms with Gasteiger partial charge < -0.3 is 25.1 Å². The monoisotopic (exact) mass is 596 g/mol. The molecule has 3 N–H and O–H groups in total. The van der Waals surface area contributed by atoms with Crippen LogP contribution in [-0.4, -0.2) is 51.9 Å². The Morgan fingerprint density at radius 2 is 1.59 bits per heavy atom. The highest BCUT2D eigenvalue weighted by Gasteiger charge is 2.25. The molecule has 1 aliphatic rings. The molecule has 3 heterocycles. The van der Waals surface area contributed by atoms with Gasteiger partial charge in [0, 0.05) is 36.3 Å². The lowest BCUT2D eigenvalue weighted by atomic mass is 10.1. The number of anilines is 1. The Bertz CT molecular complexity index is 1690. The average Bonchev–Trinajstić information content (AvgIpc) is 3.48. The van der Waals surface area contributed by atoms with Crippen LogP contribution in [0.25, 0.3) is 22.6 Å². The number of carbonyl (C=O) groups is 1. The molecular formula is C33H30F2N6O3. The van der Waals surface area contributed by atoms with Crippen molar-refractivity contribution in [3.8, 4) is 22.6 Å². The Labute approximate surface area is 252 Å². The number of hydrogen-bond acceptors (Lipinski definition) is 7. The Morgan fingerprint density at radius 3 is 2.32 bits per heavy atom. The molecule has 2 aromatic heterocycles. The molecular weight excluding hydrogens is 566 g/mol. The number of halogens is 2. The first-order valence-electron chi connectivity index (χ1n) is 14.2. The largest absolute Gasteiger partial charge is 0.352 e. The molecule has 1 amide bonds. The number of H-pyrrole nitrogens is 1.